The molecule has 0 saturated heterocycles. The van der Waals surface area contributed by atoms with Crippen LogP contribution in [0.4, 0.5) is 5.69 Å². The number of carbonyl (C=O) groups excluding carboxylic acids is 1. The van der Waals surface area contributed by atoms with Gasteiger partial charge in [-0.05, 0) is 37.6 Å². The molecule has 0 saturated carbocycles. The number of carbonyl (C=O) groups is 2. The molecular weight excluding hydrogens is 258 g/mol. The van der Waals surface area contributed by atoms with Crippen LogP contribution in [0.25, 0.3) is 0 Å². The zero-order chi connectivity index (χ0) is 14.9. The van der Waals surface area contributed by atoms with Gasteiger partial charge in [0.1, 0.15) is 0 Å². The Morgan fingerprint density at radius 2 is 2.00 bits per heavy atom. The summed E-state index contributed by atoms with van der Waals surface area (Å²) < 4.78 is 1.62. The van der Waals surface area contributed by atoms with Crippen molar-refractivity contribution in [2.45, 2.75) is 13.8 Å². The van der Waals surface area contributed by atoms with E-state index in [1.807, 2.05) is 6.92 Å². The number of nitrogens with one attached hydrogen (secondary N) is 1. The normalized spacial score (nSPS) is 10.3. The number of carboxylic acids is 1. The zero-order valence-electron chi connectivity index (χ0n) is 11.5. The standard InChI is InChI=1S/C14H15N3O3/c1-8-6-10(14(19)20)4-5-12(8)16-13(18)11-7-15-17(3)9(11)2/h4-7H,1-3H3,(H,16,18)(H,19,20). The molecule has 1 aromatic carbocycles. The first-order valence-electron chi connectivity index (χ1n) is 6.04. The van der Waals surface area contributed by atoms with Gasteiger partial charge in [0.05, 0.1) is 17.3 Å². The van der Waals surface area contributed by atoms with Gasteiger partial charge in [-0.15, -0.1) is 0 Å². The number of aryl methyl sites for hydroxylation is 2. The van der Waals surface area contributed by atoms with E-state index < -0.39 is 5.97 Å². The van der Waals surface area contributed by atoms with Crippen molar-refractivity contribution < 1.29 is 14.7 Å². The van der Waals surface area contributed by atoms with Crippen LogP contribution >= 0.6 is 0 Å². The Morgan fingerprint density at radius 3 is 2.50 bits per heavy atom. The van der Waals surface area contributed by atoms with E-state index in [0.717, 1.165) is 5.69 Å². The van der Waals surface area contributed by atoms with Crippen LogP contribution in [-0.4, -0.2) is 26.8 Å². The summed E-state index contributed by atoms with van der Waals surface area (Å²) in [5.41, 5.74) is 2.73. The van der Waals surface area contributed by atoms with E-state index in [9.17, 15) is 9.59 Å². The first kappa shape index (κ1) is 13.8. The molecule has 0 fully saturated rings. The van der Waals surface area contributed by atoms with Crippen molar-refractivity contribution in [2.24, 2.45) is 7.05 Å². The Bertz CT molecular complexity index is 689. The molecule has 1 heterocycles. The van der Waals surface area contributed by atoms with E-state index in [1.54, 1.807) is 24.7 Å². The summed E-state index contributed by atoms with van der Waals surface area (Å²) in [7, 11) is 1.76. The fourth-order valence-electron chi connectivity index (χ4n) is 1.85. The molecule has 0 radical (unpaired) electrons. The number of nitrogens with zero attached hydrogens (tertiary/aromatic N) is 2. The average molecular weight is 273 g/mol. The Labute approximate surface area is 116 Å². The van der Waals surface area contributed by atoms with Crippen molar-refractivity contribution in [3.8, 4) is 0 Å². The highest BCUT2D eigenvalue weighted by Crippen LogP contribution is 2.18. The monoisotopic (exact) mass is 273 g/mol. The lowest BCUT2D eigenvalue weighted by Gasteiger charge is -2.09. The highest BCUT2D eigenvalue weighted by Gasteiger charge is 2.14. The van der Waals surface area contributed by atoms with Gasteiger partial charge in [0.2, 0.25) is 0 Å². The van der Waals surface area contributed by atoms with Gasteiger partial charge < -0.3 is 10.4 Å². The molecule has 0 bridgehead atoms. The number of hydrogen-bond acceptors (Lipinski definition) is 3. The second-order valence-electron chi connectivity index (χ2n) is 4.56. The fourth-order valence-corrected chi connectivity index (χ4v) is 1.85. The van der Waals surface area contributed by atoms with E-state index in [0.29, 0.717) is 16.8 Å². The lowest BCUT2D eigenvalue weighted by Crippen LogP contribution is -2.14. The topological polar surface area (TPSA) is 84.2 Å². The van der Waals surface area contributed by atoms with Crippen LogP contribution in [0.1, 0.15) is 32.0 Å². The summed E-state index contributed by atoms with van der Waals surface area (Å²) in [5.74, 6) is -1.25. The molecule has 2 aromatic rings. The first-order valence-corrected chi connectivity index (χ1v) is 6.04. The maximum absolute atomic E-state index is 12.1. The second-order valence-corrected chi connectivity index (χ2v) is 4.56. The van der Waals surface area contributed by atoms with E-state index in [4.69, 9.17) is 5.11 Å². The molecule has 0 aliphatic heterocycles. The second kappa shape index (κ2) is 5.16. The molecule has 0 unspecified atom stereocenters. The van der Waals surface area contributed by atoms with Crippen LogP contribution in [-0.2, 0) is 7.05 Å². The smallest absolute Gasteiger partial charge is 0.335 e. The summed E-state index contributed by atoms with van der Waals surface area (Å²) >= 11 is 0. The van der Waals surface area contributed by atoms with Crippen LogP contribution in [0.3, 0.4) is 0 Å². The van der Waals surface area contributed by atoms with Gasteiger partial charge in [0.25, 0.3) is 5.91 Å². The minimum atomic E-state index is -0.992. The van der Waals surface area contributed by atoms with Gasteiger partial charge in [-0.3, -0.25) is 9.48 Å². The molecule has 1 aromatic heterocycles. The van der Waals surface area contributed by atoms with E-state index in [2.05, 4.69) is 10.4 Å². The minimum absolute atomic E-state index is 0.193. The van der Waals surface area contributed by atoms with Crippen LogP contribution in [0.2, 0.25) is 0 Å². The Hall–Kier alpha value is -2.63. The maximum atomic E-state index is 12.1. The molecule has 6 nitrogen and oxygen atoms in total. The quantitative estimate of drug-likeness (QED) is 0.895. The lowest BCUT2D eigenvalue weighted by molar-refractivity contribution is 0.0696. The number of aromatic nitrogens is 2. The molecule has 0 atom stereocenters. The highest BCUT2D eigenvalue weighted by molar-refractivity contribution is 6.05. The van der Waals surface area contributed by atoms with E-state index in [1.165, 1.54) is 18.3 Å². The van der Waals surface area contributed by atoms with Crippen LogP contribution in [0, 0.1) is 13.8 Å². The molecule has 0 spiro atoms. The van der Waals surface area contributed by atoms with E-state index >= 15 is 0 Å². The Morgan fingerprint density at radius 1 is 1.30 bits per heavy atom. The third-order valence-corrected chi connectivity index (χ3v) is 3.20. The number of carboxylic acid groups (broad SMARTS) is 1. The summed E-state index contributed by atoms with van der Waals surface area (Å²) in [6, 6.07) is 4.57. The van der Waals surface area contributed by atoms with Gasteiger partial charge >= 0.3 is 5.97 Å². The number of amides is 1. The third-order valence-electron chi connectivity index (χ3n) is 3.20. The molecule has 1 amide bonds. The summed E-state index contributed by atoms with van der Waals surface area (Å²) in [4.78, 5) is 23.0. The molecule has 2 rings (SSSR count). The van der Waals surface area contributed by atoms with Crippen molar-refractivity contribution in [1.29, 1.82) is 0 Å². The summed E-state index contributed by atoms with van der Waals surface area (Å²) in [6.45, 7) is 3.56. The van der Waals surface area contributed by atoms with Crippen molar-refractivity contribution >= 4 is 17.6 Å². The van der Waals surface area contributed by atoms with Crippen molar-refractivity contribution in [1.82, 2.24) is 9.78 Å². The first-order chi connectivity index (χ1) is 9.40. The van der Waals surface area contributed by atoms with Crippen molar-refractivity contribution in [3.05, 3.63) is 46.8 Å². The van der Waals surface area contributed by atoms with Gasteiger partial charge in [-0.25, -0.2) is 4.79 Å². The molecule has 20 heavy (non-hydrogen) atoms. The van der Waals surface area contributed by atoms with Crippen LogP contribution in [0.15, 0.2) is 24.4 Å². The highest BCUT2D eigenvalue weighted by atomic mass is 16.4. The fraction of sp³-hybridized carbons (Fsp3) is 0.214. The molecular formula is C14H15N3O3. The Balaban J connectivity index is 2.24. The Kier molecular flexibility index (Phi) is 3.56. The van der Waals surface area contributed by atoms with Crippen molar-refractivity contribution in [2.75, 3.05) is 5.32 Å². The molecule has 0 aliphatic carbocycles. The average Bonchev–Trinajstić information content (AvgIpc) is 2.72. The van der Waals surface area contributed by atoms with Crippen LogP contribution < -0.4 is 5.32 Å². The summed E-state index contributed by atoms with van der Waals surface area (Å²) in [5, 5.41) is 15.7. The number of benzene rings is 1. The van der Waals surface area contributed by atoms with E-state index in [-0.39, 0.29) is 11.5 Å². The van der Waals surface area contributed by atoms with Gasteiger partial charge in [-0.2, -0.15) is 5.10 Å². The zero-order valence-corrected chi connectivity index (χ0v) is 11.5. The maximum Gasteiger partial charge on any atom is 0.335 e. The molecule has 0 aliphatic rings. The minimum Gasteiger partial charge on any atom is -0.478 e. The molecule has 104 valence electrons. The largest absolute Gasteiger partial charge is 0.478 e. The number of aromatic carboxylic acids is 1. The molecule has 2 N–H and O–H groups in total. The molecule has 6 heteroatoms. The van der Waals surface area contributed by atoms with Crippen LogP contribution in [0.5, 0.6) is 0 Å². The SMILES string of the molecule is Cc1cc(C(=O)O)ccc1NC(=O)c1cnn(C)c1C. The third kappa shape index (κ3) is 2.54. The summed E-state index contributed by atoms with van der Waals surface area (Å²) in [6.07, 6.45) is 1.51. The predicted octanol–water partition coefficient (Wildman–Crippen LogP) is 1.99. The van der Waals surface area contributed by atoms with Gasteiger partial charge in [0.15, 0.2) is 0 Å². The van der Waals surface area contributed by atoms with Gasteiger partial charge in [-0.1, -0.05) is 0 Å². The van der Waals surface area contributed by atoms with Crippen molar-refractivity contribution in [3.63, 3.8) is 0 Å². The number of hydrogen-bond donors (Lipinski definition) is 2. The lowest BCUT2D eigenvalue weighted by atomic mass is 10.1. The number of anilines is 1. The predicted molar refractivity (Wildman–Crippen MR) is 74.0 cm³/mol. The number of rotatable bonds is 3. The van der Waals surface area contributed by atoms with Gasteiger partial charge in [0, 0.05) is 18.4 Å².